The molecule has 0 radical (unpaired) electrons. The van der Waals surface area contributed by atoms with Crippen LogP contribution in [0.2, 0.25) is 0 Å². The van der Waals surface area contributed by atoms with Crippen LogP contribution < -0.4 is 0 Å². The van der Waals surface area contributed by atoms with E-state index in [9.17, 15) is 13.6 Å². The topological polar surface area (TPSA) is 37.3 Å². The van der Waals surface area contributed by atoms with Crippen LogP contribution in [0, 0.1) is 0 Å². The maximum absolute atomic E-state index is 12.3. The lowest BCUT2D eigenvalue weighted by Crippen LogP contribution is -1.91. The fourth-order valence-electron chi connectivity index (χ4n) is 1.16. The van der Waals surface area contributed by atoms with Crippen LogP contribution in [0.5, 0.6) is 5.75 Å². The Kier molecular flexibility index (Phi) is 3.56. The third kappa shape index (κ3) is 2.52. The normalized spacial score (nSPS) is 10.5. The first-order valence-corrected chi connectivity index (χ1v) is 4.18. The van der Waals surface area contributed by atoms with Crippen molar-refractivity contribution in [3.63, 3.8) is 0 Å². The van der Waals surface area contributed by atoms with Gasteiger partial charge in [-0.15, -0.1) is 0 Å². The molecule has 0 heterocycles. The van der Waals surface area contributed by atoms with Crippen molar-refractivity contribution >= 4 is 6.29 Å². The number of carbonyl (C=O) groups excluding carboxylic acids is 1. The molecule has 0 amide bonds. The first-order valence-electron chi connectivity index (χ1n) is 4.18. The third-order valence-corrected chi connectivity index (χ3v) is 1.88. The van der Waals surface area contributed by atoms with E-state index < -0.39 is 12.2 Å². The van der Waals surface area contributed by atoms with Gasteiger partial charge in [0.2, 0.25) is 0 Å². The van der Waals surface area contributed by atoms with Crippen molar-refractivity contribution in [2.45, 2.75) is 19.3 Å². The molecule has 4 heteroatoms. The lowest BCUT2D eigenvalue weighted by molar-refractivity contribution is -0.107. The second-order valence-electron chi connectivity index (χ2n) is 2.90. The van der Waals surface area contributed by atoms with Gasteiger partial charge < -0.3 is 9.90 Å². The number of aromatic hydroxyl groups is 1. The zero-order valence-corrected chi connectivity index (χ0v) is 7.41. The van der Waals surface area contributed by atoms with E-state index in [1.165, 1.54) is 18.2 Å². The summed E-state index contributed by atoms with van der Waals surface area (Å²) in [4.78, 5) is 10.1. The summed E-state index contributed by atoms with van der Waals surface area (Å²) >= 11 is 0. The number of hydrogen-bond donors (Lipinski definition) is 1. The monoisotopic (exact) mass is 200 g/mol. The number of rotatable bonds is 4. The van der Waals surface area contributed by atoms with Crippen molar-refractivity contribution in [2.75, 3.05) is 0 Å². The molecule has 0 saturated heterocycles. The summed E-state index contributed by atoms with van der Waals surface area (Å²) in [6.45, 7) is 0. The van der Waals surface area contributed by atoms with Gasteiger partial charge in [-0.05, 0) is 24.1 Å². The Balaban J connectivity index is 2.88. The van der Waals surface area contributed by atoms with Crippen LogP contribution in [0.1, 0.15) is 24.0 Å². The fourth-order valence-corrected chi connectivity index (χ4v) is 1.16. The molecule has 0 atom stereocenters. The van der Waals surface area contributed by atoms with E-state index in [-0.39, 0.29) is 5.56 Å². The van der Waals surface area contributed by atoms with E-state index >= 15 is 0 Å². The van der Waals surface area contributed by atoms with Crippen LogP contribution >= 0.6 is 0 Å². The number of aldehydes is 1. The van der Waals surface area contributed by atoms with Gasteiger partial charge in [0.05, 0.1) is 5.56 Å². The van der Waals surface area contributed by atoms with Crippen molar-refractivity contribution in [1.82, 2.24) is 0 Å². The summed E-state index contributed by atoms with van der Waals surface area (Å²) in [5, 5.41) is 9.08. The Labute approximate surface area is 80.2 Å². The fraction of sp³-hybridized carbons (Fsp3) is 0.300. The molecule has 0 aliphatic carbocycles. The van der Waals surface area contributed by atoms with Gasteiger partial charge >= 0.3 is 0 Å². The number of aryl methyl sites for hydroxylation is 1. The summed E-state index contributed by atoms with van der Waals surface area (Å²) < 4.78 is 24.6. The molecule has 0 fully saturated rings. The summed E-state index contributed by atoms with van der Waals surface area (Å²) in [6.07, 6.45) is -1.24. The maximum Gasteiger partial charge on any atom is 0.267 e. The average molecular weight is 200 g/mol. The van der Waals surface area contributed by atoms with Gasteiger partial charge in [-0.1, -0.05) is 6.07 Å². The van der Waals surface area contributed by atoms with Gasteiger partial charge in [-0.2, -0.15) is 0 Å². The van der Waals surface area contributed by atoms with Gasteiger partial charge in [0, 0.05) is 6.42 Å². The van der Waals surface area contributed by atoms with Crippen LogP contribution in [-0.4, -0.2) is 11.4 Å². The molecule has 0 bridgehead atoms. The summed E-state index contributed by atoms with van der Waals surface area (Å²) in [6, 6.07) is 3.98. The van der Waals surface area contributed by atoms with Crippen LogP contribution in [0.3, 0.4) is 0 Å². The Bertz CT molecular complexity index is 324. The predicted molar refractivity (Wildman–Crippen MR) is 47.4 cm³/mol. The highest BCUT2D eigenvalue weighted by Crippen LogP contribution is 2.28. The van der Waals surface area contributed by atoms with E-state index in [2.05, 4.69) is 0 Å². The molecule has 0 aromatic heterocycles. The van der Waals surface area contributed by atoms with Crippen molar-refractivity contribution in [2.24, 2.45) is 0 Å². The predicted octanol–water partition coefficient (Wildman–Crippen LogP) is 2.46. The third-order valence-electron chi connectivity index (χ3n) is 1.88. The summed E-state index contributed by atoms with van der Waals surface area (Å²) in [5.74, 6) is -0.408. The Morgan fingerprint density at radius 3 is 2.71 bits per heavy atom. The Hall–Kier alpha value is -1.45. The van der Waals surface area contributed by atoms with Gasteiger partial charge in [0.25, 0.3) is 6.43 Å². The molecule has 0 spiro atoms. The van der Waals surface area contributed by atoms with Crippen LogP contribution in [-0.2, 0) is 11.2 Å². The minimum absolute atomic E-state index is 0.299. The Morgan fingerprint density at radius 2 is 2.14 bits per heavy atom. The van der Waals surface area contributed by atoms with Crippen LogP contribution in [0.25, 0.3) is 0 Å². The molecule has 14 heavy (non-hydrogen) atoms. The number of halogens is 2. The number of benzene rings is 1. The number of alkyl halides is 2. The lowest BCUT2D eigenvalue weighted by Gasteiger charge is -2.05. The minimum Gasteiger partial charge on any atom is -0.507 e. The van der Waals surface area contributed by atoms with E-state index in [1.807, 2.05) is 0 Å². The van der Waals surface area contributed by atoms with Crippen molar-refractivity contribution < 1.29 is 18.7 Å². The zero-order chi connectivity index (χ0) is 10.6. The molecule has 1 aromatic rings. The van der Waals surface area contributed by atoms with Gasteiger partial charge in [-0.25, -0.2) is 8.78 Å². The largest absolute Gasteiger partial charge is 0.507 e. The van der Waals surface area contributed by atoms with Crippen LogP contribution in [0.15, 0.2) is 18.2 Å². The highest BCUT2D eigenvalue weighted by molar-refractivity contribution is 5.50. The number of carbonyl (C=O) groups is 1. The Morgan fingerprint density at radius 1 is 1.43 bits per heavy atom. The summed E-state index contributed by atoms with van der Waals surface area (Å²) in [7, 11) is 0. The van der Waals surface area contributed by atoms with Crippen LogP contribution in [0.4, 0.5) is 8.78 Å². The van der Waals surface area contributed by atoms with E-state index in [0.29, 0.717) is 18.4 Å². The van der Waals surface area contributed by atoms with Crippen molar-refractivity contribution in [3.05, 3.63) is 29.3 Å². The lowest BCUT2D eigenvalue weighted by atomic mass is 10.1. The molecule has 2 nitrogen and oxygen atoms in total. The smallest absolute Gasteiger partial charge is 0.267 e. The van der Waals surface area contributed by atoms with E-state index in [1.54, 1.807) is 0 Å². The minimum atomic E-state index is -2.69. The second-order valence-corrected chi connectivity index (χ2v) is 2.90. The molecule has 76 valence electrons. The number of phenols is 1. The van der Waals surface area contributed by atoms with Crippen molar-refractivity contribution in [3.8, 4) is 5.75 Å². The van der Waals surface area contributed by atoms with Crippen molar-refractivity contribution in [1.29, 1.82) is 0 Å². The SMILES string of the molecule is O=CCCc1ccc(O)c(C(F)F)c1. The van der Waals surface area contributed by atoms with E-state index in [0.717, 1.165) is 6.29 Å². The molecular weight excluding hydrogens is 190 g/mol. The number of hydrogen-bond acceptors (Lipinski definition) is 2. The number of phenolic OH excluding ortho intramolecular Hbond substituents is 1. The first-order chi connectivity index (χ1) is 6.65. The molecule has 1 rings (SSSR count). The molecule has 1 N–H and O–H groups in total. The molecule has 0 aliphatic heterocycles. The standard InChI is InChI=1S/C10H10F2O2/c11-10(12)8-6-7(2-1-5-13)3-4-9(8)14/h3-6,10,14H,1-2H2. The molecule has 0 unspecified atom stereocenters. The molecular formula is C10H10F2O2. The molecule has 0 aliphatic rings. The van der Waals surface area contributed by atoms with E-state index in [4.69, 9.17) is 5.11 Å². The first kappa shape index (κ1) is 10.6. The summed E-state index contributed by atoms with van der Waals surface area (Å²) in [5.41, 5.74) is 0.249. The van der Waals surface area contributed by atoms with Gasteiger partial charge in [-0.3, -0.25) is 0 Å². The zero-order valence-electron chi connectivity index (χ0n) is 7.41. The quantitative estimate of drug-likeness (QED) is 0.758. The van der Waals surface area contributed by atoms with Gasteiger partial charge in [0.1, 0.15) is 12.0 Å². The van der Waals surface area contributed by atoms with Gasteiger partial charge in [0.15, 0.2) is 0 Å². The maximum atomic E-state index is 12.3. The molecule has 0 saturated carbocycles. The highest BCUT2D eigenvalue weighted by Gasteiger charge is 2.12. The highest BCUT2D eigenvalue weighted by atomic mass is 19.3. The molecule has 1 aromatic carbocycles. The second kappa shape index (κ2) is 4.69. The average Bonchev–Trinajstić information content (AvgIpc) is 2.16.